The maximum atomic E-state index is 12.8. The topological polar surface area (TPSA) is 108 Å². The van der Waals surface area contributed by atoms with Crippen molar-refractivity contribution in [3.05, 3.63) is 24.3 Å². The van der Waals surface area contributed by atoms with Crippen molar-refractivity contribution in [1.82, 2.24) is 5.32 Å². The van der Waals surface area contributed by atoms with Crippen molar-refractivity contribution < 1.29 is 32.9 Å². The number of hydrogen-bond donors (Lipinski definition) is 2. The summed E-state index contributed by atoms with van der Waals surface area (Å²) in [7, 11) is 1.26. The van der Waals surface area contributed by atoms with Crippen molar-refractivity contribution in [3.63, 3.8) is 0 Å². The van der Waals surface area contributed by atoms with Crippen LogP contribution >= 0.6 is 7.82 Å². The molecule has 56 heavy (non-hydrogen) atoms. The maximum absolute atomic E-state index is 12.8. The molecule has 332 valence electrons. The first-order valence-electron chi connectivity index (χ1n) is 23.7. The van der Waals surface area contributed by atoms with Gasteiger partial charge in [-0.15, -0.1) is 0 Å². The monoisotopic (exact) mass is 813 g/mol. The van der Waals surface area contributed by atoms with E-state index < -0.39 is 20.0 Å². The van der Waals surface area contributed by atoms with Gasteiger partial charge in [-0.1, -0.05) is 192 Å². The number of aliphatic hydroxyl groups excluding tert-OH is 1. The molecule has 0 aromatic carbocycles. The highest BCUT2D eigenvalue weighted by Crippen LogP contribution is 2.38. The highest BCUT2D eigenvalue weighted by Gasteiger charge is 2.23. The Bertz CT molecular complexity index is 969. The van der Waals surface area contributed by atoms with Gasteiger partial charge < -0.3 is 28.8 Å². The van der Waals surface area contributed by atoms with Crippen LogP contribution in [0.5, 0.6) is 0 Å². The third-order valence-electron chi connectivity index (χ3n) is 10.7. The third-order valence-corrected chi connectivity index (χ3v) is 11.6. The molecule has 0 saturated heterocycles. The molecule has 1 amide bonds. The SMILES string of the molecule is CCCCCCCCC/C=C/C(O)C(COP(=O)([O-])OCC[N+](C)(C)C)NC(=O)CCCCCCCCCCC/C=C\CCCCCCCCCCCCCC. The highest BCUT2D eigenvalue weighted by molar-refractivity contribution is 7.45. The van der Waals surface area contributed by atoms with Crippen LogP contribution in [0.15, 0.2) is 24.3 Å². The number of rotatable bonds is 43. The Hall–Kier alpha value is -1.02. The molecule has 0 aromatic rings. The fraction of sp³-hybridized carbons (Fsp3) is 0.894. The van der Waals surface area contributed by atoms with Crippen molar-refractivity contribution >= 4 is 13.7 Å². The van der Waals surface area contributed by atoms with Gasteiger partial charge in [-0.3, -0.25) is 9.36 Å². The number of aliphatic hydroxyl groups is 1. The van der Waals surface area contributed by atoms with E-state index >= 15 is 0 Å². The van der Waals surface area contributed by atoms with Crippen LogP contribution in [-0.2, 0) is 18.4 Å². The number of nitrogens with zero attached hydrogens (tertiary/aromatic N) is 1. The quantitative estimate of drug-likeness (QED) is 0.0275. The summed E-state index contributed by atoms with van der Waals surface area (Å²) < 4.78 is 23.1. The smallest absolute Gasteiger partial charge is 0.268 e. The number of phosphoric acid groups is 1. The zero-order valence-electron chi connectivity index (χ0n) is 37.6. The van der Waals surface area contributed by atoms with E-state index in [4.69, 9.17) is 9.05 Å². The van der Waals surface area contributed by atoms with Gasteiger partial charge in [0.2, 0.25) is 5.91 Å². The summed E-state index contributed by atoms with van der Waals surface area (Å²) in [5, 5.41) is 13.7. The maximum Gasteiger partial charge on any atom is 0.268 e. The van der Waals surface area contributed by atoms with Crippen molar-refractivity contribution in [1.29, 1.82) is 0 Å². The third kappa shape index (κ3) is 41.2. The molecular formula is C47H93N2O6P. The molecule has 9 heteroatoms. The van der Waals surface area contributed by atoms with Gasteiger partial charge in [0.25, 0.3) is 7.82 Å². The van der Waals surface area contributed by atoms with Crippen LogP contribution in [0.2, 0.25) is 0 Å². The van der Waals surface area contributed by atoms with E-state index in [2.05, 4.69) is 31.3 Å². The molecule has 0 rings (SSSR count). The number of hydrogen-bond acceptors (Lipinski definition) is 6. The fourth-order valence-corrected chi connectivity index (χ4v) is 7.58. The Morgan fingerprint density at radius 2 is 0.982 bits per heavy atom. The minimum Gasteiger partial charge on any atom is -0.756 e. The molecule has 0 aliphatic rings. The Morgan fingerprint density at radius 1 is 0.607 bits per heavy atom. The van der Waals surface area contributed by atoms with E-state index in [-0.39, 0.29) is 19.1 Å². The Labute approximate surface area is 347 Å². The van der Waals surface area contributed by atoms with E-state index in [1.54, 1.807) is 6.08 Å². The lowest BCUT2D eigenvalue weighted by atomic mass is 10.0. The second-order valence-corrected chi connectivity index (χ2v) is 18.9. The zero-order chi connectivity index (χ0) is 41.4. The lowest BCUT2D eigenvalue weighted by molar-refractivity contribution is -0.870. The molecular weight excluding hydrogens is 719 g/mol. The molecule has 0 aliphatic carbocycles. The van der Waals surface area contributed by atoms with Crippen LogP contribution < -0.4 is 10.2 Å². The van der Waals surface area contributed by atoms with Gasteiger partial charge >= 0.3 is 0 Å². The number of nitrogens with one attached hydrogen (secondary N) is 1. The predicted octanol–water partition coefficient (Wildman–Crippen LogP) is 12.7. The highest BCUT2D eigenvalue weighted by atomic mass is 31.2. The van der Waals surface area contributed by atoms with Crippen LogP contribution in [0.4, 0.5) is 0 Å². The first-order chi connectivity index (χ1) is 27.0. The van der Waals surface area contributed by atoms with Gasteiger partial charge in [0, 0.05) is 6.42 Å². The van der Waals surface area contributed by atoms with Crippen LogP contribution in [-0.4, -0.2) is 68.5 Å². The number of amides is 1. The van der Waals surface area contributed by atoms with Gasteiger partial charge in [0.15, 0.2) is 0 Å². The van der Waals surface area contributed by atoms with Crippen LogP contribution in [0.25, 0.3) is 0 Å². The standard InChI is InChI=1S/C47H93N2O6P/c1-6-8-10-12-14-16-17-18-19-20-21-22-23-24-25-26-27-28-29-30-31-33-35-37-39-41-47(51)48-45(44-55-56(52,53)54-43-42-49(3,4)5)46(50)40-38-36-34-32-15-13-11-9-7-2/h24-25,38,40,45-46,50H,6-23,26-37,39,41-44H2,1-5H3,(H-,48,51,52,53)/b25-24-,40-38+. The molecule has 0 aliphatic heterocycles. The van der Waals surface area contributed by atoms with Crippen LogP contribution in [0.1, 0.15) is 219 Å². The predicted molar refractivity (Wildman–Crippen MR) is 238 cm³/mol. The lowest BCUT2D eigenvalue weighted by Crippen LogP contribution is -2.45. The zero-order valence-corrected chi connectivity index (χ0v) is 38.5. The fourth-order valence-electron chi connectivity index (χ4n) is 6.85. The number of quaternary nitrogens is 1. The molecule has 0 aromatic heterocycles. The van der Waals surface area contributed by atoms with E-state index in [1.165, 1.54) is 161 Å². The van der Waals surface area contributed by atoms with Crippen LogP contribution in [0, 0.1) is 0 Å². The number of allylic oxidation sites excluding steroid dienone is 3. The number of phosphoric ester groups is 1. The van der Waals surface area contributed by atoms with Crippen molar-refractivity contribution in [2.75, 3.05) is 40.9 Å². The summed E-state index contributed by atoms with van der Waals surface area (Å²) in [6.07, 6.45) is 46.7. The van der Waals surface area contributed by atoms with E-state index in [0.717, 1.165) is 38.5 Å². The van der Waals surface area contributed by atoms with E-state index in [9.17, 15) is 19.4 Å². The second kappa shape index (κ2) is 39.4. The molecule has 0 fully saturated rings. The molecule has 8 nitrogen and oxygen atoms in total. The van der Waals surface area contributed by atoms with Gasteiger partial charge in [0.05, 0.1) is 39.9 Å². The molecule has 0 saturated carbocycles. The van der Waals surface area contributed by atoms with Crippen molar-refractivity contribution in [3.8, 4) is 0 Å². The average Bonchev–Trinajstić information content (AvgIpc) is 3.15. The summed E-state index contributed by atoms with van der Waals surface area (Å²) in [4.78, 5) is 25.2. The summed E-state index contributed by atoms with van der Waals surface area (Å²) in [6, 6.07) is -0.883. The number of likely N-dealkylation sites (N-methyl/N-ethyl adjacent to an activating group) is 1. The van der Waals surface area contributed by atoms with Crippen molar-refractivity contribution in [2.45, 2.75) is 231 Å². The van der Waals surface area contributed by atoms with E-state index in [1.807, 2.05) is 27.2 Å². The number of unbranched alkanes of at least 4 members (excludes halogenated alkanes) is 28. The molecule has 0 radical (unpaired) electrons. The molecule has 0 spiro atoms. The minimum atomic E-state index is -4.58. The Balaban J connectivity index is 4.13. The Kier molecular flexibility index (Phi) is 38.7. The number of carbonyl (C=O) groups is 1. The largest absolute Gasteiger partial charge is 0.756 e. The second-order valence-electron chi connectivity index (χ2n) is 17.5. The first kappa shape index (κ1) is 55.0. The van der Waals surface area contributed by atoms with Gasteiger partial charge in [-0.05, 0) is 44.9 Å². The summed E-state index contributed by atoms with van der Waals surface area (Å²) in [5.41, 5.74) is 0. The molecule has 3 atom stereocenters. The first-order valence-corrected chi connectivity index (χ1v) is 25.2. The molecule has 3 unspecified atom stereocenters. The molecule has 0 bridgehead atoms. The van der Waals surface area contributed by atoms with Gasteiger partial charge in [0.1, 0.15) is 13.2 Å². The average molecular weight is 813 g/mol. The van der Waals surface area contributed by atoms with E-state index in [0.29, 0.717) is 17.4 Å². The summed E-state index contributed by atoms with van der Waals surface area (Å²) >= 11 is 0. The molecule has 2 N–H and O–H groups in total. The van der Waals surface area contributed by atoms with Gasteiger partial charge in [-0.25, -0.2) is 0 Å². The summed E-state index contributed by atoms with van der Waals surface area (Å²) in [6.45, 7) is 4.62. The minimum absolute atomic E-state index is 0.000605. The lowest BCUT2D eigenvalue weighted by Gasteiger charge is -2.29. The molecule has 0 heterocycles. The normalized spacial score (nSPS) is 14.5. The van der Waals surface area contributed by atoms with Crippen molar-refractivity contribution in [2.24, 2.45) is 0 Å². The number of carbonyl (C=O) groups excluding carboxylic acids is 1. The van der Waals surface area contributed by atoms with Gasteiger partial charge in [-0.2, -0.15) is 0 Å². The van der Waals surface area contributed by atoms with Crippen LogP contribution in [0.3, 0.4) is 0 Å². The summed E-state index contributed by atoms with van der Waals surface area (Å²) in [5.74, 6) is -0.201. The Morgan fingerprint density at radius 3 is 1.39 bits per heavy atom.